The zero-order chi connectivity index (χ0) is 23.1. The van der Waals surface area contributed by atoms with E-state index < -0.39 is 31.8 Å². The van der Waals surface area contributed by atoms with Crippen molar-refractivity contribution < 1.29 is 22.9 Å². The largest absolute Gasteiger partial charge is 0.453 e. The first kappa shape index (κ1) is 23.6. The van der Waals surface area contributed by atoms with Crippen LogP contribution in [0.25, 0.3) is 0 Å². The summed E-state index contributed by atoms with van der Waals surface area (Å²) in [4.78, 5) is 22.1. The number of carbonyl (C=O) groups is 1. The number of halogens is 1. The second-order valence-corrected chi connectivity index (χ2v) is 9.66. The minimum atomic E-state index is -3.94. The third-order valence-electron chi connectivity index (χ3n) is 4.53. The van der Waals surface area contributed by atoms with E-state index >= 15 is 0 Å². The molecule has 10 heteroatoms. The molecule has 2 atom stereocenters. The van der Waals surface area contributed by atoms with Crippen LogP contribution in [0.15, 0.2) is 89.8 Å². The van der Waals surface area contributed by atoms with Crippen LogP contribution in [0.3, 0.4) is 0 Å². The van der Waals surface area contributed by atoms with Gasteiger partial charge in [-0.3, -0.25) is 10.1 Å². The Kier molecular flexibility index (Phi) is 7.73. The number of nitro benzene ring substituents is 1. The Bertz CT molecular complexity index is 1170. The predicted octanol–water partition coefficient (Wildman–Crippen LogP) is 4.23. The normalized spacial score (nSPS) is 13.2. The maximum absolute atomic E-state index is 12.6. The van der Waals surface area contributed by atoms with Crippen LogP contribution >= 0.6 is 15.9 Å². The Labute approximate surface area is 193 Å². The van der Waals surface area contributed by atoms with Gasteiger partial charge in [-0.1, -0.05) is 64.5 Å². The molecule has 0 heterocycles. The van der Waals surface area contributed by atoms with E-state index in [0.717, 1.165) is 24.3 Å². The highest BCUT2D eigenvalue weighted by Gasteiger charge is 2.27. The molecule has 0 aliphatic rings. The number of alkyl halides is 1. The highest BCUT2D eigenvalue weighted by molar-refractivity contribution is 9.09. The van der Waals surface area contributed by atoms with Crippen molar-refractivity contribution in [3.63, 3.8) is 0 Å². The SMILES string of the molecule is O=C(O[C@@H](c1ccccc1)[C@H](Br)CNS(=O)(=O)c1ccc([N+](=O)[O-])cc1)c1ccccc1. The Balaban J connectivity index is 1.75. The number of benzene rings is 3. The van der Waals surface area contributed by atoms with Crippen molar-refractivity contribution in [1.29, 1.82) is 0 Å². The van der Waals surface area contributed by atoms with Gasteiger partial charge in [-0.2, -0.15) is 0 Å². The van der Waals surface area contributed by atoms with Gasteiger partial charge >= 0.3 is 5.97 Å². The number of nitrogens with one attached hydrogen (secondary N) is 1. The standard InChI is InChI=1S/C22H19BrN2O6S/c23-20(15-24-32(29,30)19-13-11-18(12-14-19)25(27)28)21(16-7-3-1-4-8-16)31-22(26)17-9-5-2-6-10-17/h1-14,20-21,24H,15H2/t20-,21+/m1/s1. The number of sulfonamides is 1. The molecule has 0 aliphatic carbocycles. The van der Waals surface area contributed by atoms with Crippen molar-refractivity contribution in [1.82, 2.24) is 4.72 Å². The van der Waals surface area contributed by atoms with Gasteiger partial charge in [0.25, 0.3) is 5.69 Å². The fraction of sp³-hybridized carbons (Fsp3) is 0.136. The molecule has 0 unspecified atom stereocenters. The van der Waals surface area contributed by atoms with Gasteiger partial charge in [-0.15, -0.1) is 0 Å². The van der Waals surface area contributed by atoms with E-state index in [1.54, 1.807) is 54.6 Å². The monoisotopic (exact) mass is 518 g/mol. The van der Waals surface area contributed by atoms with Crippen LogP contribution in [0.2, 0.25) is 0 Å². The third kappa shape index (κ3) is 6.00. The van der Waals surface area contributed by atoms with E-state index in [2.05, 4.69) is 20.7 Å². The average molecular weight is 519 g/mol. The summed E-state index contributed by atoms with van der Waals surface area (Å²) in [6, 6.07) is 22.0. The van der Waals surface area contributed by atoms with E-state index in [-0.39, 0.29) is 17.1 Å². The molecule has 0 amide bonds. The number of ether oxygens (including phenoxy) is 1. The van der Waals surface area contributed by atoms with Crippen LogP contribution in [0.4, 0.5) is 5.69 Å². The number of nitrogens with zero attached hydrogens (tertiary/aromatic N) is 1. The topological polar surface area (TPSA) is 116 Å². The number of carbonyl (C=O) groups excluding carboxylic acids is 1. The van der Waals surface area contributed by atoms with Gasteiger partial charge in [0.05, 0.1) is 20.2 Å². The van der Waals surface area contributed by atoms with Crippen molar-refractivity contribution in [2.45, 2.75) is 15.8 Å². The number of nitro groups is 1. The predicted molar refractivity (Wildman–Crippen MR) is 122 cm³/mol. The van der Waals surface area contributed by atoms with Gasteiger partial charge in [-0.05, 0) is 29.8 Å². The molecule has 3 aromatic carbocycles. The quantitative estimate of drug-likeness (QED) is 0.196. The van der Waals surface area contributed by atoms with Crippen molar-refractivity contribution in [3.05, 3.63) is 106 Å². The average Bonchev–Trinajstić information content (AvgIpc) is 2.82. The molecule has 0 fully saturated rings. The summed E-state index contributed by atoms with van der Waals surface area (Å²) in [5.41, 5.74) is 0.854. The molecule has 0 aromatic heterocycles. The molecule has 0 radical (unpaired) electrons. The zero-order valence-electron chi connectivity index (χ0n) is 16.6. The summed E-state index contributed by atoms with van der Waals surface area (Å²) >= 11 is 3.44. The molecule has 8 nitrogen and oxygen atoms in total. The van der Waals surface area contributed by atoms with E-state index in [4.69, 9.17) is 4.74 Å². The van der Waals surface area contributed by atoms with E-state index in [1.165, 1.54) is 0 Å². The number of rotatable bonds is 9. The molecule has 0 saturated heterocycles. The lowest BCUT2D eigenvalue weighted by molar-refractivity contribution is -0.384. The molecule has 0 bridgehead atoms. The maximum atomic E-state index is 12.6. The van der Waals surface area contributed by atoms with Crippen LogP contribution in [0, 0.1) is 10.1 Å². The Morgan fingerprint density at radius 2 is 1.53 bits per heavy atom. The highest BCUT2D eigenvalue weighted by atomic mass is 79.9. The summed E-state index contributed by atoms with van der Waals surface area (Å²) in [6.07, 6.45) is -0.775. The van der Waals surface area contributed by atoms with Crippen LogP contribution < -0.4 is 4.72 Å². The first-order valence-electron chi connectivity index (χ1n) is 9.47. The number of non-ortho nitro benzene ring substituents is 1. The van der Waals surface area contributed by atoms with Gasteiger partial charge in [0.2, 0.25) is 10.0 Å². The second kappa shape index (κ2) is 10.5. The van der Waals surface area contributed by atoms with Crippen LogP contribution in [0.1, 0.15) is 22.0 Å². The number of hydrogen-bond donors (Lipinski definition) is 1. The lowest BCUT2D eigenvalue weighted by Gasteiger charge is -2.24. The van der Waals surface area contributed by atoms with E-state index in [1.807, 2.05) is 6.07 Å². The van der Waals surface area contributed by atoms with Crippen LogP contribution in [-0.4, -0.2) is 30.7 Å². The molecule has 166 valence electrons. The van der Waals surface area contributed by atoms with Gasteiger partial charge in [0.15, 0.2) is 0 Å². The first-order chi connectivity index (χ1) is 15.3. The second-order valence-electron chi connectivity index (χ2n) is 6.72. The number of hydrogen-bond acceptors (Lipinski definition) is 6. The summed E-state index contributed by atoms with van der Waals surface area (Å²) in [6.45, 7) is -0.0963. The summed E-state index contributed by atoms with van der Waals surface area (Å²) in [5, 5.41) is 10.8. The summed E-state index contributed by atoms with van der Waals surface area (Å²) in [7, 11) is -3.94. The van der Waals surface area contributed by atoms with E-state index in [9.17, 15) is 23.3 Å². The van der Waals surface area contributed by atoms with Crippen molar-refractivity contribution in [3.8, 4) is 0 Å². The van der Waals surface area contributed by atoms with Crippen LogP contribution in [0.5, 0.6) is 0 Å². The van der Waals surface area contributed by atoms with Crippen LogP contribution in [-0.2, 0) is 14.8 Å². The first-order valence-corrected chi connectivity index (χ1v) is 11.9. The smallest absolute Gasteiger partial charge is 0.338 e. The molecule has 3 rings (SSSR count). The van der Waals surface area contributed by atoms with Gasteiger partial charge < -0.3 is 4.74 Å². The fourth-order valence-corrected chi connectivity index (χ4v) is 4.73. The third-order valence-corrected chi connectivity index (χ3v) is 6.77. The van der Waals surface area contributed by atoms with Crippen molar-refractivity contribution >= 4 is 37.6 Å². The van der Waals surface area contributed by atoms with Gasteiger partial charge in [-0.25, -0.2) is 17.9 Å². The summed E-state index contributed by atoms with van der Waals surface area (Å²) < 4.78 is 33.4. The molecule has 32 heavy (non-hydrogen) atoms. The Morgan fingerprint density at radius 1 is 0.969 bits per heavy atom. The Morgan fingerprint density at radius 3 is 2.09 bits per heavy atom. The van der Waals surface area contributed by atoms with Gasteiger partial charge in [0.1, 0.15) is 6.10 Å². The number of esters is 1. The fourth-order valence-electron chi connectivity index (χ4n) is 2.88. The van der Waals surface area contributed by atoms with E-state index in [0.29, 0.717) is 11.1 Å². The summed E-state index contributed by atoms with van der Waals surface area (Å²) in [5.74, 6) is -0.540. The minimum absolute atomic E-state index is 0.0963. The lowest BCUT2D eigenvalue weighted by Crippen LogP contribution is -2.34. The maximum Gasteiger partial charge on any atom is 0.338 e. The molecule has 1 N–H and O–H groups in total. The molecule has 0 saturated carbocycles. The Hall–Kier alpha value is -3.08. The molecule has 0 aliphatic heterocycles. The highest BCUT2D eigenvalue weighted by Crippen LogP contribution is 2.28. The lowest BCUT2D eigenvalue weighted by atomic mass is 10.1. The molecule has 0 spiro atoms. The van der Waals surface area contributed by atoms with Crippen molar-refractivity contribution in [2.75, 3.05) is 6.54 Å². The zero-order valence-corrected chi connectivity index (χ0v) is 19.0. The molecular weight excluding hydrogens is 500 g/mol. The minimum Gasteiger partial charge on any atom is -0.453 e. The molecule has 3 aromatic rings. The van der Waals surface area contributed by atoms with Crippen molar-refractivity contribution in [2.24, 2.45) is 0 Å². The molecular formula is C22H19BrN2O6S. The van der Waals surface area contributed by atoms with Gasteiger partial charge in [0, 0.05) is 18.7 Å².